The highest BCUT2D eigenvalue weighted by molar-refractivity contribution is 14.0. The van der Waals surface area contributed by atoms with Gasteiger partial charge < -0.3 is 15.6 Å². The Morgan fingerprint density at radius 2 is 2.00 bits per heavy atom. The van der Waals surface area contributed by atoms with E-state index in [0.717, 1.165) is 41.5 Å². The molecule has 0 amide bonds. The van der Waals surface area contributed by atoms with E-state index in [0.29, 0.717) is 6.54 Å². The summed E-state index contributed by atoms with van der Waals surface area (Å²) in [5.41, 5.74) is 5.50. The largest absolute Gasteiger partial charge is 0.356 e. The van der Waals surface area contributed by atoms with Crippen molar-refractivity contribution in [3.8, 4) is 0 Å². The first-order chi connectivity index (χ1) is 12.1. The molecule has 0 spiro atoms. The molecule has 2 heterocycles. The van der Waals surface area contributed by atoms with Crippen molar-refractivity contribution in [2.45, 2.75) is 26.8 Å². The fourth-order valence-electron chi connectivity index (χ4n) is 2.89. The second-order valence-electron chi connectivity index (χ2n) is 6.08. The summed E-state index contributed by atoms with van der Waals surface area (Å²) in [4.78, 5) is 12.2. The lowest BCUT2D eigenvalue weighted by atomic mass is 10.2. The van der Waals surface area contributed by atoms with Crippen molar-refractivity contribution in [1.29, 1.82) is 0 Å². The van der Waals surface area contributed by atoms with Gasteiger partial charge in [0.2, 0.25) is 0 Å². The monoisotopic (exact) mass is 467 g/mol. The van der Waals surface area contributed by atoms with Crippen molar-refractivity contribution in [2.24, 2.45) is 12.0 Å². The molecule has 7 nitrogen and oxygen atoms in total. The number of nitrogens with zero attached hydrogens (tertiary/aromatic N) is 4. The molecule has 0 fully saturated rings. The molecule has 0 bridgehead atoms. The summed E-state index contributed by atoms with van der Waals surface area (Å²) in [6, 6.07) is 8.07. The van der Waals surface area contributed by atoms with Gasteiger partial charge in [-0.05, 0) is 26.0 Å². The zero-order valence-corrected chi connectivity index (χ0v) is 18.0. The molecule has 0 aliphatic carbocycles. The van der Waals surface area contributed by atoms with Gasteiger partial charge in [-0.3, -0.25) is 9.67 Å². The van der Waals surface area contributed by atoms with Crippen molar-refractivity contribution in [2.75, 3.05) is 13.6 Å². The molecule has 3 aromatic rings. The highest BCUT2D eigenvalue weighted by atomic mass is 127. The topological polar surface area (TPSA) is 82.9 Å². The third-order valence-electron chi connectivity index (χ3n) is 4.41. The molecule has 26 heavy (non-hydrogen) atoms. The Morgan fingerprint density at radius 3 is 2.65 bits per heavy atom. The number of H-pyrrole nitrogens is 1. The summed E-state index contributed by atoms with van der Waals surface area (Å²) in [7, 11) is 3.74. The summed E-state index contributed by atoms with van der Waals surface area (Å²) >= 11 is 0. The number of nitrogens with one attached hydrogen (secondary N) is 3. The molecule has 1 aromatic carbocycles. The van der Waals surface area contributed by atoms with Crippen LogP contribution in [-0.4, -0.2) is 39.3 Å². The van der Waals surface area contributed by atoms with Gasteiger partial charge in [-0.25, -0.2) is 4.98 Å². The lowest BCUT2D eigenvalue weighted by Gasteiger charge is -2.11. The number of halogens is 1. The number of guanidine groups is 1. The molecule has 3 N–H and O–H groups in total. The number of aromatic amines is 1. The molecule has 8 heteroatoms. The molecule has 0 atom stereocenters. The number of aliphatic imine (C=N–C) groups is 1. The van der Waals surface area contributed by atoms with Crippen LogP contribution in [0.5, 0.6) is 0 Å². The Morgan fingerprint density at radius 1 is 1.23 bits per heavy atom. The molecular weight excluding hydrogens is 441 g/mol. The van der Waals surface area contributed by atoms with Crippen LogP contribution in [0.3, 0.4) is 0 Å². The van der Waals surface area contributed by atoms with E-state index in [4.69, 9.17) is 0 Å². The molecule has 2 aromatic heterocycles. The van der Waals surface area contributed by atoms with Crippen LogP contribution in [0, 0.1) is 13.8 Å². The van der Waals surface area contributed by atoms with E-state index in [2.05, 4.69) is 37.6 Å². The summed E-state index contributed by atoms with van der Waals surface area (Å²) in [5.74, 6) is 1.75. The minimum absolute atomic E-state index is 0. The summed E-state index contributed by atoms with van der Waals surface area (Å²) < 4.78 is 1.91. The lowest BCUT2D eigenvalue weighted by Crippen LogP contribution is -2.38. The van der Waals surface area contributed by atoms with Crippen LogP contribution < -0.4 is 10.6 Å². The third-order valence-corrected chi connectivity index (χ3v) is 4.41. The molecule has 0 radical (unpaired) electrons. The maximum Gasteiger partial charge on any atom is 0.191 e. The fraction of sp³-hybridized carbons (Fsp3) is 0.389. The predicted octanol–water partition coefficient (Wildman–Crippen LogP) is 2.44. The van der Waals surface area contributed by atoms with Gasteiger partial charge in [0.05, 0.1) is 16.7 Å². The lowest BCUT2D eigenvalue weighted by molar-refractivity contribution is 0.728. The van der Waals surface area contributed by atoms with Gasteiger partial charge in [0, 0.05) is 44.9 Å². The number of imidazole rings is 1. The van der Waals surface area contributed by atoms with E-state index in [1.807, 2.05) is 42.9 Å². The number of hydrogen-bond donors (Lipinski definition) is 3. The zero-order chi connectivity index (χ0) is 17.8. The number of aromatic nitrogens is 4. The van der Waals surface area contributed by atoms with Crippen molar-refractivity contribution in [3.63, 3.8) is 0 Å². The number of aryl methyl sites for hydroxylation is 2. The maximum atomic E-state index is 4.59. The number of para-hydroxylation sites is 2. The minimum Gasteiger partial charge on any atom is -0.356 e. The van der Waals surface area contributed by atoms with Gasteiger partial charge in [0.25, 0.3) is 0 Å². The Labute approximate surface area is 170 Å². The van der Waals surface area contributed by atoms with Crippen LogP contribution in [0.4, 0.5) is 0 Å². The van der Waals surface area contributed by atoms with Gasteiger partial charge in [-0.1, -0.05) is 12.1 Å². The SMILES string of the molecule is CN=C(NCCc1nc2ccccc2[nH]1)NCc1c(C)nn(C)c1C.I. The summed E-state index contributed by atoms with van der Waals surface area (Å²) in [5, 5.41) is 11.1. The summed E-state index contributed by atoms with van der Waals surface area (Å²) in [6.45, 7) is 5.57. The quantitative estimate of drug-likeness (QED) is 0.306. The molecule has 0 aliphatic rings. The van der Waals surface area contributed by atoms with E-state index in [9.17, 15) is 0 Å². The Balaban J connectivity index is 0.00000243. The standard InChI is InChI=1S/C18H25N7.HI/c1-12-14(13(2)25(4)24-12)11-21-18(19-3)20-10-9-17-22-15-7-5-6-8-16(15)23-17;/h5-8H,9-11H2,1-4H3,(H,22,23)(H2,19,20,21);1H. The van der Waals surface area contributed by atoms with Crippen LogP contribution in [-0.2, 0) is 20.0 Å². The van der Waals surface area contributed by atoms with E-state index >= 15 is 0 Å². The van der Waals surface area contributed by atoms with Crippen LogP contribution >= 0.6 is 24.0 Å². The van der Waals surface area contributed by atoms with Gasteiger partial charge in [0.1, 0.15) is 5.82 Å². The van der Waals surface area contributed by atoms with E-state index in [1.165, 1.54) is 11.3 Å². The van der Waals surface area contributed by atoms with Crippen LogP contribution in [0.1, 0.15) is 22.8 Å². The smallest absolute Gasteiger partial charge is 0.191 e. The Kier molecular flexibility index (Phi) is 7.01. The predicted molar refractivity (Wildman–Crippen MR) is 116 cm³/mol. The van der Waals surface area contributed by atoms with Crippen molar-refractivity contribution < 1.29 is 0 Å². The minimum atomic E-state index is 0. The van der Waals surface area contributed by atoms with Crippen LogP contribution in [0.15, 0.2) is 29.3 Å². The first-order valence-electron chi connectivity index (χ1n) is 8.45. The van der Waals surface area contributed by atoms with Crippen LogP contribution in [0.25, 0.3) is 11.0 Å². The van der Waals surface area contributed by atoms with E-state index in [-0.39, 0.29) is 24.0 Å². The second-order valence-corrected chi connectivity index (χ2v) is 6.08. The number of rotatable bonds is 5. The average Bonchev–Trinajstić information content (AvgIpc) is 3.12. The van der Waals surface area contributed by atoms with Crippen molar-refractivity contribution in [3.05, 3.63) is 47.0 Å². The van der Waals surface area contributed by atoms with Gasteiger partial charge in [0.15, 0.2) is 5.96 Å². The second kappa shape index (κ2) is 9.02. The first-order valence-corrected chi connectivity index (χ1v) is 8.45. The third kappa shape index (κ3) is 4.54. The first kappa shape index (κ1) is 20.2. The van der Waals surface area contributed by atoms with E-state index in [1.54, 1.807) is 7.05 Å². The molecule has 3 rings (SSSR count). The molecular formula is C18H26IN7. The molecule has 0 unspecified atom stereocenters. The molecule has 140 valence electrons. The molecule has 0 saturated heterocycles. The number of hydrogen-bond acceptors (Lipinski definition) is 3. The highest BCUT2D eigenvalue weighted by Gasteiger charge is 2.09. The zero-order valence-electron chi connectivity index (χ0n) is 15.6. The van der Waals surface area contributed by atoms with Crippen molar-refractivity contribution in [1.82, 2.24) is 30.4 Å². The number of benzene rings is 1. The fourth-order valence-corrected chi connectivity index (χ4v) is 2.89. The van der Waals surface area contributed by atoms with Gasteiger partial charge >= 0.3 is 0 Å². The average molecular weight is 467 g/mol. The van der Waals surface area contributed by atoms with E-state index < -0.39 is 0 Å². The molecule has 0 saturated carbocycles. The molecule has 0 aliphatic heterocycles. The Hall–Kier alpha value is -2.10. The normalized spacial score (nSPS) is 11.5. The summed E-state index contributed by atoms with van der Waals surface area (Å²) in [6.07, 6.45) is 0.806. The highest BCUT2D eigenvalue weighted by Crippen LogP contribution is 2.11. The number of fused-ring (bicyclic) bond motifs is 1. The van der Waals surface area contributed by atoms with Gasteiger partial charge in [-0.2, -0.15) is 5.10 Å². The maximum absolute atomic E-state index is 4.59. The Bertz CT molecular complexity index is 861. The van der Waals surface area contributed by atoms with Gasteiger partial charge in [-0.15, -0.1) is 24.0 Å². The van der Waals surface area contributed by atoms with Crippen LogP contribution in [0.2, 0.25) is 0 Å². The van der Waals surface area contributed by atoms with Crippen molar-refractivity contribution >= 4 is 41.0 Å².